The Morgan fingerprint density at radius 3 is 2.51 bits per heavy atom. The highest BCUT2D eigenvalue weighted by atomic mass is 35.5. The minimum absolute atomic E-state index is 0.000877. The number of aliphatic carboxylic acids is 1. The van der Waals surface area contributed by atoms with E-state index in [0.717, 1.165) is 24.6 Å². The third-order valence-electron chi connectivity index (χ3n) is 8.26. The van der Waals surface area contributed by atoms with Crippen molar-refractivity contribution in [2.45, 2.75) is 57.0 Å². The van der Waals surface area contributed by atoms with E-state index >= 15 is 0 Å². The van der Waals surface area contributed by atoms with E-state index in [9.17, 15) is 27.5 Å². The van der Waals surface area contributed by atoms with Crippen molar-refractivity contribution in [2.75, 3.05) is 23.7 Å². The summed E-state index contributed by atoms with van der Waals surface area (Å²) in [4.78, 5) is 21.7. The van der Waals surface area contributed by atoms with Crippen molar-refractivity contribution in [1.29, 1.82) is 0 Å². The average molecular weight is 642 g/mol. The van der Waals surface area contributed by atoms with Gasteiger partial charge in [0.15, 0.2) is 0 Å². The molecule has 2 aromatic carbocycles. The van der Waals surface area contributed by atoms with Gasteiger partial charge in [0.25, 0.3) is 0 Å². The quantitative estimate of drug-likeness (QED) is 0.245. The minimum atomic E-state index is -4.91. The molecule has 3 atom stereocenters. The summed E-state index contributed by atoms with van der Waals surface area (Å²) in [6.45, 7) is 2.99. The number of halogens is 6. The number of carboxylic acids is 1. The van der Waals surface area contributed by atoms with Gasteiger partial charge < -0.3 is 25.8 Å². The van der Waals surface area contributed by atoms with Gasteiger partial charge >= 0.3 is 12.1 Å². The van der Waals surface area contributed by atoms with Crippen molar-refractivity contribution < 1.29 is 32.2 Å². The van der Waals surface area contributed by atoms with E-state index in [4.69, 9.17) is 33.7 Å². The average Bonchev–Trinajstić information content (AvgIpc) is 3.29. The van der Waals surface area contributed by atoms with Crippen molar-refractivity contribution >= 4 is 40.9 Å². The second kappa shape index (κ2) is 12.0. The number of nitrogen functional groups attached to an aromatic ring is 1. The van der Waals surface area contributed by atoms with E-state index in [1.54, 1.807) is 0 Å². The zero-order valence-electron chi connectivity index (χ0n) is 23.0. The molecule has 43 heavy (non-hydrogen) atoms. The summed E-state index contributed by atoms with van der Waals surface area (Å²) in [7, 11) is 0. The van der Waals surface area contributed by atoms with E-state index < -0.39 is 36.0 Å². The molecule has 3 aromatic rings. The molecular weight excluding hydrogens is 613 g/mol. The summed E-state index contributed by atoms with van der Waals surface area (Å²) in [6, 6.07) is 7.87. The van der Waals surface area contributed by atoms with Gasteiger partial charge in [-0.05, 0) is 72.6 Å². The lowest BCUT2D eigenvalue weighted by molar-refractivity contribution is -0.198. The first-order chi connectivity index (χ1) is 20.3. The van der Waals surface area contributed by atoms with Crippen LogP contribution in [0.25, 0.3) is 11.1 Å². The van der Waals surface area contributed by atoms with E-state index in [1.165, 1.54) is 24.3 Å². The number of carboxylic acid groups (broad SMARTS) is 1. The number of anilines is 2. The van der Waals surface area contributed by atoms with Gasteiger partial charge in [0.05, 0.1) is 0 Å². The lowest BCUT2D eigenvalue weighted by Gasteiger charge is -2.43. The van der Waals surface area contributed by atoms with Crippen LogP contribution in [0.1, 0.15) is 44.3 Å². The zero-order chi connectivity index (χ0) is 31.1. The standard InChI is InChI=1S/C29H29Cl2F4N5O3/c1-2-22-28(14-21(37-22)26(41)42)5-7-40(8-6-28)23-13-24(39-27(36)38-23)43-25(29(33,34)35)19-4-3-16(30)12-20(19)15-9-17(31)11-18(32)10-15/h3-4,9-13,21-22,25,37H,2,5-8,14H2,1H3,(H,41,42)(H2,36,38,39)/t21?,22?,25-/m1/s1. The summed E-state index contributed by atoms with van der Waals surface area (Å²) in [5.41, 5.74) is 5.44. The molecule has 2 aliphatic rings. The van der Waals surface area contributed by atoms with E-state index in [-0.39, 0.29) is 44.1 Å². The Balaban J connectivity index is 1.43. The van der Waals surface area contributed by atoms with E-state index in [0.29, 0.717) is 38.2 Å². The molecular formula is C29H29Cl2F4N5O3. The Kier molecular flexibility index (Phi) is 8.65. The van der Waals surface area contributed by atoms with E-state index in [2.05, 4.69) is 15.3 Å². The first-order valence-corrected chi connectivity index (χ1v) is 14.4. The lowest BCUT2D eigenvalue weighted by atomic mass is 9.71. The second-order valence-corrected chi connectivity index (χ2v) is 11.8. The summed E-state index contributed by atoms with van der Waals surface area (Å²) >= 11 is 12.1. The molecule has 14 heteroatoms. The normalized spacial score (nSPS) is 20.8. The van der Waals surface area contributed by atoms with Crippen molar-refractivity contribution in [1.82, 2.24) is 15.3 Å². The fourth-order valence-corrected chi connectivity index (χ4v) is 6.66. The van der Waals surface area contributed by atoms with Gasteiger partial charge in [0.2, 0.25) is 17.9 Å². The van der Waals surface area contributed by atoms with Crippen molar-refractivity contribution in [3.63, 3.8) is 0 Å². The molecule has 8 nitrogen and oxygen atoms in total. The Morgan fingerprint density at radius 1 is 1.16 bits per heavy atom. The molecule has 230 valence electrons. The van der Waals surface area contributed by atoms with Gasteiger partial charge in [-0.15, -0.1) is 0 Å². The molecule has 1 spiro atoms. The predicted molar refractivity (Wildman–Crippen MR) is 155 cm³/mol. The maximum atomic E-state index is 14.5. The molecule has 2 unspecified atom stereocenters. The fraction of sp³-hybridized carbons (Fsp3) is 0.414. The van der Waals surface area contributed by atoms with Crippen LogP contribution in [0.2, 0.25) is 10.0 Å². The number of hydrogen-bond donors (Lipinski definition) is 3. The molecule has 1 aromatic heterocycles. The lowest BCUT2D eigenvalue weighted by Crippen LogP contribution is -2.46. The number of carbonyl (C=O) groups is 1. The second-order valence-electron chi connectivity index (χ2n) is 10.9. The molecule has 2 saturated heterocycles. The number of ether oxygens (including phenoxy) is 1. The number of rotatable bonds is 7. The first kappa shape index (κ1) is 31.1. The van der Waals surface area contributed by atoms with Gasteiger partial charge in [0.1, 0.15) is 17.7 Å². The van der Waals surface area contributed by atoms with Gasteiger partial charge in [-0.1, -0.05) is 36.2 Å². The highest BCUT2D eigenvalue weighted by Gasteiger charge is 2.50. The molecule has 0 bridgehead atoms. The van der Waals surface area contributed by atoms with Crippen LogP contribution in [0.5, 0.6) is 5.88 Å². The fourth-order valence-electron chi connectivity index (χ4n) is 6.27. The van der Waals surface area contributed by atoms with Crippen LogP contribution < -0.4 is 20.7 Å². The van der Waals surface area contributed by atoms with Crippen LogP contribution in [-0.4, -0.2) is 52.4 Å². The molecule has 2 aliphatic heterocycles. The number of alkyl halides is 3. The van der Waals surface area contributed by atoms with Crippen LogP contribution >= 0.6 is 23.2 Å². The number of hydrogen-bond acceptors (Lipinski definition) is 7. The van der Waals surface area contributed by atoms with Crippen molar-refractivity contribution in [2.24, 2.45) is 5.41 Å². The maximum Gasteiger partial charge on any atom is 0.429 e. The number of nitrogens with zero attached hydrogens (tertiary/aromatic N) is 3. The molecule has 3 heterocycles. The van der Waals surface area contributed by atoms with Crippen LogP contribution in [-0.2, 0) is 4.79 Å². The smallest absolute Gasteiger partial charge is 0.429 e. The molecule has 0 radical (unpaired) electrons. The number of aromatic nitrogens is 2. The highest BCUT2D eigenvalue weighted by Crippen LogP contribution is 2.46. The van der Waals surface area contributed by atoms with Gasteiger partial charge in [-0.2, -0.15) is 23.1 Å². The third-order valence-corrected chi connectivity index (χ3v) is 8.71. The summed E-state index contributed by atoms with van der Waals surface area (Å²) < 4.78 is 63.2. The largest absolute Gasteiger partial charge is 0.480 e. The zero-order valence-corrected chi connectivity index (χ0v) is 24.5. The molecule has 0 amide bonds. The summed E-state index contributed by atoms with van der Waals surface area (Å²) in [5, 5.41) is 12.9. The van der Waals surface area contributed by atoms with Gasteiger partial charge in [-0.3, -0.25) is 4.79 Å². The number of nitrogens with two attached hydrogens (primary N) is 1. The summed E-state index contributed by atoms with van der Waals surface area (Å²) in [5.74, 6) is -2.00. The Hall–Kier alpha value is -3.35. The van der Waals surface area contributed by atoms with Crippen molar-refractivity contribution in [3.8, 4) is 17.0 Å². The molecule has 2 fully saturated rings. The third kappa shape index (κ3) is 6.61. The summed E-state index contributed by atoms with van der Waals surface area (Å²) in [6.07, 6.45) is -4.83. The molecule has 0 saturated carbocycles. The van der Waals surface area contributed by atoms with Crippen LogP contribution in [0.4, 0.5) is 29.3 Å². The Bertz CT molecular complexity index is 1500. The van der Waals surface area contributed by atoms with Gasteiger partial charge in [0, 0.05) is 40.8 Å². The Morgan fingerprint density at radius 2 is 1.88 bits per heavy atom. The van der Waals surface area contributed by atoms with Crippen molar-refractivity contribution in [3.05, 3.63) is 63.9 Å². The topological polar surface area (TPSA) is 114 Å². The van der Waals surface area contributed by atoms with E-state index in [1.807, 2.05) is 11.8 Å². The molecule has 5 rings (SSSR count). The molecule has 0 aliphatic carbocycles. The number of nitrogens with one attached hydrogen (secondary N) is 1. The number of piperidine rings is 1. The first-order valence-electron chi connectivity index (χ1n) is 13.7. The van der Waals surface area contributed by atoms with Crippen LogP contribution in [0.15, 0.2) is 42.5 Å². The predicted octanol–water partition coefficient (Wildman–Crippen LogP) is 6.67. The number of benzene rings is 2. The Labute approximate surface area is 255 Å². The highest BCUT2D eigenvalue weighted by molar-refractivity contribution is 6.31. The van der Waals surface area contributed by atoms with Crippen LogP contribution in [0, 0.1) is 11.2 Å². The maximum absolute atomic E-state index is 14.5. The van der Waals surface area contributed by atoms with Crippen LogP contribution in [0.3, 0.4) is 0 Å². The monoisotopic (exact) mass is 641 g/mol. The van der Waals surface area contributed by atoms with Gasteiger partial charge in [-0.25, -0.2) is 4.39 Å². The minimum Gasteiger partial charge on any atom is -0.480 e. The molecule has 4 N–H and O–H groups in total. The SMILES string of the molecule is CCC1NC(C(=O)O)CC12CCN(c1cc(O[C@H](c3ccc(Cl)cc3-c3cc(F)cc(Cl)c3)C(F)(F)F)nc(N)n1)CC2.